The monoisotopic (exact) mass is 248 g/mol. The molecule has 1 atom stereocenters. The van der Waals surface area contributed by atoms with Crippen LogP contribution in [0.3, 0.4) is 0 Å². The number of ketones is 1. The van der Waals surface area contributed by atoms with Crippen molar-refractivity contribution in [2.45, 2.75) is 25.8 Å². The third-order valence-electron chi connectivity index (χ3n) is 3.42. The van der Waals surface area contributed by atoms with Crippen LogP contribution in [0.25, 0.3) is 0 Å². The van der Waals surface area contributed by atoms with E-state index >= 15 is 0 Å². The molecule has 2 rings (SSSR count). The predicted octanol–water partition coefficient (Wildman–Crippen LogP) is 2.26. The lowest BCUT2D eigenvalue weighted by atomic mass is 10.1. The van der Waals surface area contributed by atoms with E-state index in [0.717, 1.165) is 19.4 Å². The average molecular weight is 248 g/mol. The molecule has 5 nitrogen and oxygen atoms in total. The number of nitro groups is 1. The van der Waals surface area contributed by atoms with Gasteiger partial charge in [-0.15, -0.1) is 0 Å². The summed E-state index contributed by atoms with van der Waals surface area (Å²) in [6.07, 6.45) is 2.23. The van der Waals surface area contributed by atoms with Gasteiger partial charge in [0, 0.05) is 23.7 Å². The van der Waals surface area contributed by atoms with Crippen molar-refractivity contribution in [1.29, 1.82) is 0 Å². The van der Waals surface area contributed by atoms with Crippen molar-refractivity contribution in [3.63, 3.8) is 0 Å². The van der Waals surface area contributed by atoms with Gasteiger partial charge in [0.1, 0.15) is 0 Å². The zero-order valence-corrected chi connectivity index (χ0v) is 10.3. The van der Waals surface area contributed by atoms with Crippen molar-refractivity contribution in [2.75, 3.05) is 13.1 Å². The molecule has 1 aromatic carbocycles. The lowest BCUT2D eigenvalue weighted by Gasteiger charge is -2.19. The smallest absolute Gasteiger partial charge is 0.270 e. The van der Waals surface area contributed by atoms with Crippen molar-refractivity contribution in [3.05, 3.63) is 39.9 Å². The lowest BCUT2D eigenvalue weighted by molar-refractivity contribution is -0.384. The molecule has 1 heterocycles. The first-order valence-electron chi connectivity index (χ1n) is 6.09. The van der Waals surface area contributed by atoms with E-state index in [9.17, 15) is 14.9 Å². The summed E-state index contributed by atoms with van der Waals surface area (Å²) in [4.78, 5) is 24.4. The molecule has 0 aliphatic carbocycles. The van der Waals surface area contributed by atoms with Crippen LogP contribution >= 0.6 is 0 Å². The number of carbonyl (C=O) groups is 1. The van der Waals surface area contributed by atoms with E-state index in [1.807, 2.05) is 0 Å². The number of hydrogen-bond acceptors (Lipinski definition) is 4. The van der Waals surface area contributed by atoms with E-state index in [1.54, 1.807) is 12.1 Å². The molecule has 0 spiro atoms. The minimum absolute atomic E-state index is 0.0321. The van der Waals surface area contributed by atoms with Crippen LogP contribution in [0, 0.1) is 10.1 Å². The first-order valence-corrected chi connectivity index (χ1v) is 6.09. The molecule has 0 N–H and O–H groups in total. The number of rotatable bonds is 4. The molecule has 96 valence electrons. The molecule has 1 saturated heterocycles. The Morgan fingerprint density at radius 1 is 1.56 bits per heavy atom. The molecule has 1 aliphatic rings. The van der Waals surface area contributed by atoms with E-state index in [4.69, 9.17) is 0 Å². The second-order valence-corrected chi connectivity index (χ2v) is 4.69. The maximum Gasteiger partial charge on any atom is 0.270 e. The number of nitrogens with zero attached hydrogens (tertiary/aromatic N) is 2. The molecule has 18 heavy (non-hydrogen) atoms. The largest absolute Gasteiger partial charge is 0.293 e. The molecule has 1 unspecified atom stereocenters. The van der Waals surface area contributed by atoms with Gasteiger partial charge in [-0.3, -0.25) is 19.8 Å². The van der Waals surface area contributed by atoms with Crippen LogP contribution in [0.1, 0.15) is 30.1 Å². The predicted molar refractivity (Wildman–Crippen MR) is 67.7 cm³/mol. The van der Waals surface area contributed by atoms with Gasteiger partial charge in [0.25, 0.3) is 5.69 Å². The summed E-state index contributed by atoms with van der Waals surface area (Å²) in [6.45, 7) is 3.39. The Balaban J connectivity index is 2.09. The molecule has 0 aromatic heterocycles. The van der Waals surface area contributed by atoms with Crippen LogP contribution in [-0.2, 0) is 0 Å². The third kappa shape index (κ3) is 2.73. The number of Topliss-reactive ketones (excluding diaryl/α,β-unsaturated/α-hetero) is 1. The molecule has 0 bridgehead atoms. The molecule has 0 radical (unpaired) electrons. The zero-order chi connectivity index (χ0) is 13.1. The Morgan fingerprint density at radius 2 is 2.33 bits per heavy atom. The van der Waals surface area contributed by atoms with Crippen molar-refractivity contribution < 1.29 is 9.72 Å². The summed E-state index contributed by atoms with van der Waals surface area (Å²) < 4.78 is 0. The van der Waals surface area contributed by atoms with Crippen molar-refractivity contribution in [1.82, 2.24) is 4.90 Å². The number of nitro benzene ring substituents is 1. The van der Waals surface area contributed by atoms with Crippen LogP contribution in [0.4, 0.5) is 5.69 Å². The molecule has 0 saturated carbocycles. The molecular formula is C13H16N2O3. The number of non-ortho nitro benzene ring substituents is 1. The van der Waals surface area contributed by atoms with Gasteiger partial charge in [0.2, 0.25) is 0 Å². The quantitative estimate of drug-likeness (QED) is 0.466. The second kappa shape index (κ2) is 5.27. The van der Waals surface area contributed by atoms with Crippen LogP contribution in [0.5, 0.6) is 0 Å². The van der Waals surface area contributed by atoms with Gasteiger partial charge >= 0.3 is 0 Å². The van der Waals surface area contributed by atoms with Crippen LogP contribution in [0.2, 0.25) is 0 Å². The SMILES string of the molecule is CC1CCCN1CC(=O)c1cccc([N+](=O)[O-])c1. The maximum absolute atomic E-state index is 12.1. The topological polar surface area (TPSA) is 63.5 Å². The molecule has 1 aromatic rings. The average Bonchev–Trinajstić information content (AvgIpc) is 2.75. The third-order valence-corrected chi connectivity index (χ3v) is 3.42. The van der Waals surface area contributed by atoms with Crippen molar-refractivity contribution in [2.24, 2.45) is 0 Å². The first kappa shape index (κ1) is 12.7. The lowest BCUT2D eigenvalue weighted by Crippen LogP contribution is -2.32. The zero-order valence-electron chi connectivity index (χ0n) is 10.3. The Labute approximate surface area is 106 Å². The minimum Gasteiger partial charge on any atom is -0.293 e. The highest BCUT2D eigenvalue weighted by Crippen LogP contribution is 2.18. The van der Waals surface area contributed by atoms with E-state index in [1.165, 1.54) is 12.1 Å². The van der Waals surface area contributed by atoms with Gasteiger partial charge in [-0.1, -0.05) is 12.1 Å². The minimum atomic E-state index is -0.477. The van der Waals surface area contributed by atoms with E-state index < -0.39 is 4.92 Å². The Hall–Kier alpha value is -1.75. The molecular weight excluding hydrogens is 232 g/mol. The van der Waals surface area contributed by atoms with Gasteiger partial charge in [0.15, 0.2) is 5.78 Å². The number of benzene rings is 1. The second-order valence-electron chi connectivity index (χ2n) is 4.69. The Bertz CT molecular complexity index is 473. The molecule has 5 heteroatoms. The number of hydrogen-bond donors (Lipinski definition) is 0. The van der Waals surface area contributed by atoms with Crippen LogP contribution < -0.4 is 0 Å². The fourth-order valence-corrected chi connectivity index (χ4v) is 2.30. The van der Waals surface area contributed by atoms with Gasteiger partial charge in [0.05, 0.1) is 11.5 Å². The van der Waals surface area contributed by atoms with E-state index in [0.29, 0.717) is 18.2 Å². The fraction of sp³-hybridized carbons (Fsp3) is 0.462. The van der Waals surface area contributed by atoms with E-state index in [-0.39, 0.29) is 11.5 Å². The van der Waals surface area contributed by atoms with Gasteiger partial charge in [-0.2, -0.15) is 0 Å². The van der Waals surface area contributed by atoms with E-state index in [2.05, 4.69) is 11.8 Å². The Kier molecular flexibility index (Phi) is 3.72. The highest BCUT2D eigenvalue weighted by Gasteiger charge is 2.23. The molecule has 1 fully saturated rings. The Morgan fingerprint density at radius 3 is 2.94 bits per heavy atom. The van der Waals surface area contributed by atoms with Gasteiger partial charge in [-0.05, 0) is 26.3 Å². The van der Waals surface area contributed by atoms with Gasteiger partial charge in [-0.25, -0.2) is 0 Å². The summed E-state index contributed by atoms with van der Waals surface area (Å²) in [5.41, 5.74) is 0.388. The van der Waals surface area contributed by atoms with Gasteiger partial charge < -0.3 is 0 Å². The van der Waals surface area contributed by atoms with Crippen LogP contribution in [0.15, 0.2) is 24.3 Å². The highest BCUT2D eigenvalue weighted by atomic mass is 16.6. The first-order chi connectivity index (χ1) is 8.58. The highest BCUT2D eigenvalue weighted by molar-refractivity contribution is 5.98. The summed E-state index contributed by atoms with van der Waals surface area (Å²) in [5.74, 6) is -0.0487. The standard InChI is InChI=1S/C13H16N2O3/c1-10-4-3-7-14(10)9-13(16)11-5-2-6-12(8-11)15(17)18/h2,5-6,8,10H,3-4,7,9H2,1H3. The summed E-state index contributed by atoms with van der Waals surface area (Å²) in [6, 6.07) is 6.36. The summed E-state index contributed by atoms with van der Waals surface area (Å²) in [7, 11) is 0. The number of likely N-dealkylation sites (tertiary alicyclic amines) is 1. The normalized spacial score (nSPS) is 19.9. The summed E-state index contributed by atoms with van der Waals surface area (Å²) >= 11 is 0. The number of carbonyl (C=O) groups excluding carboxylic acids is 1. The maximum atomic E-state index is 12.1. The molecule has 0 amide bonds. The van der Waals surface area contributed by atoms with Crippen molar-refractivity contribution >= 4 is 11.5 Å². The fourth-order valence-electron chi connectivity index (χ4n) is 2.30. The molecule has 1 aliphatic heterocycles. The van der Waals surface area contributed by atoms with Crippen molar-refractivity contribution in [3.8, 4) is 0 Å². The van der Waals surface area contributed by atoms with Crippen LogP contribution in [-0.4, -0.2) is 34.7 Å². The summed E-state index contributed by atoms with van der Waals surface area (Å²) in [5, 5.41) is 10.7.